The van der Waals surface area contributed by atoms with Crippen molar-refractivity contribution in [3.05, 3.63) is 64.7 Å². The van der Waals surface area contributed by atoms with E-state index in [2.05, 4.69) is 5.32 Å². The second kappa shape index (κ2) is 8.44. The number of carbonyl (C=O) groups is 3. The first-order valence-electron chi connectivity index (χ1n) is 9.01. The van der Waals surface area contributed by atoms with Gasteiger partial charge in [-0.15, -0.1) is 0 Å². The van der Waals surface area contributed by atoms with Gasteiger partial charge in [-0.2, -0.15) is 0 Å². The number of carbonyl (C=O) groups excluding carboxylic acids is 3. The van der Waals surface area contributed by atoms with Crippen LogP contribution in [-0.2, 0) is 20.7 Å². The summed E-state index contributed by atoms with van der Waals surface area (Å²) in [6.45, 7) is 3.15. The van der Waals surface area contributed by atoms with E-state index in [1.54, 1.807) is 23.1 Å². The van der Waals surface area contributed by atoms with Crippen molar-refractivity contribution in [2.24, 2.45) is 0 Å². The molecule has 2 amide bonds. The van der Waals surface area contributed by atoms with Crippen molar-refractivity contribution < 1.29 is 19.1 Å². The molecule has 2 aromatic rings. The van der Waals surface area contributed by atoms with Gasteiger partial charge in [-0.3, -0.25) is 14.4 Å². The highest BCUT2D eigenvalue weighted by molar-refractivity contribution is 6.31. The second-order valence-corrected chi connectivity index (χ2v) is 7.15. The molecule has 146 valence electrons. The summed E-state index contributed by atoms with van der Waals surface area (Å²) in [7, 11) is 0. The number of anilines is 1. The lowest BCUT2D eigenvalue weighted by Gasteiger charge is -2.26. The number of fused-ring (bicyclic) bond motifs is 1. The van der Waals surface area contributed by atoms with Crippen LogP contribution in [0.25, 0.3) is 0 Å². The molecule has 1 aliphatic heterocycles. The third-order valence-electron chi connectivity index (χ3n) is 4.58. The summed E-state index contributed by atoms with van der Waals surface area (Å²) in [5, 5.41) is 2.89. The molecule has 6 nitrogen and oxygen atoms in total. The summed E-state index contributed by atoms with van der Waals surface area (Å²) in [6.07, 6.45) is -0.192. The first-order chi connectivity index (χ1) is 13.4. The number of nitrogens with one attached hydrogen (secondary N) is 1. The minimum atomic E-state index is -0.954. The van der Waals surface area contributed by atoms with Crippen LogP contribution in [0, 0.1) is 0 Å². The van der Waals surface area contributed by atoms with Gasteiger partial charge in [0.25, 0.3) is 11.8 Å². The number of amides is 2. The first-order valence-corrected chi connectivity index (χ1v) is 9.39. The van der Waals surface area contributed by atoms with Crippen LogP contribution < -0.4 is 10.2 Å². The molecule has 1 N–H and O–H groups in total. The molecule has 0 aliphatic carbocycles. The summed E-state index contributed by atoms with van der Waals surface area (Å²) >= 11 is 5.85. The van der Waals surface area contributed by atoms with Gasteiger partial charge in [0.1, 0.15) is 6.54 Å². The Bertz CT molecular complexity index is 915. The molecule has 0 aromatic heterocycles. The van der Waals surface area contributed by atoms with Gasteiger partial charge in [-0.05, 0) is 50.1 Å². The molecule has 0 saturated heterocycles. The van der Waals surface area contributed by atoms with E-state index >= 15 is 0 Å². The largest absolute Gasteiger partial charge is 0.451 e. The smallest absolute Gasteiger partial charge is 0.326 e. The molecular weight excluding hydrogens is 380 g/mol. The number of hydrogen-bond donors (Lipinski definition) is 1. The summed E-state index contributed by atoms with van der Waals surface area (Å²) in [5.74, 6) is -1.41. The highest BCUT2D eigenvalue weighted by atomic mass is 35.5. The van der Waals surface area contributed by atoms with Gasteiger partial charge in [0.05, 0.1) is 0 Å². The van der Waals surface area contributed by atoms with E-state index in [-0.39, 0.29) is 18.5 Å². The van der Waals surface area contributed by atoms with Crippen molar-refractivity contribution in [1.29, 1.82) is 0 Å². The Kier molecular flexibility index (Phi) is 5.99. The molecule has 0 saturated carbocycles. The van der Waals surface area contributed by atoms with Crippen molar-refractivity contribution in [2.45, 2.75) is 32.4 Å². The lowest BCUT2D eigenvalue weighted by Crippen LogP contribution is -2.44. The van der Waals surface area contributed by atoms with Crippen LogP contribution in [0.2, 0.25) is 5.02 Å². The maximum atomic E-state index is 12.8. The number of hydrogen-bond acceptors (Lipinski definition) is 4. The van der Waals surface area contributed by atoms with Gasteiger partial charge in [0.2, 0.25) is 0 Å². The van der Waals surface area contributed by atoms with Crippen LogP contribution in [0.15, 0.2) is 48.5 Å². The fourth-order valence-corrected chi connectivity index (χ4v) is 3.46. The average Bonchev–Trinajstić information content (AvgIpc) is 3.01. The van der Waals surface area contributed by atoms with E-state index in [1.165, 1.54) is 13.0 Å². The maximum absolute atomic E-state index is 12.8. The normalized spacial score (nSPS) is 16.2. The van der Waals surface area contributed by atoms with Gasteiger partial charge >= 0.3 is 5.97 Å². The van der Waals surface area contributed by atoms with Gasteiger partial charge in [0.15, 0.2) is 6.10 Å². The van der Waals surface area contributed by atoms with E-state index in [9.17, 15) is 14.4 Å². The fraction of sp³-hybridized carbons (Fsp3) is 0.286. The quantitative estimate of drug-likeness (QED) is 0.783. The third-order valence-corrected chi connectivity index (χ3v) is 4.82. The predicted octanol–water partition coefficient (Wildman–Crippen LogP) is 2.98. The van der Waals surface area contributed by atoms with E-state index < -0.39 is 18.0 Å². The fourth-order valence-electron chi connectivity index (χ4n) is 3.27. The van der Waals surface area contributed by atoms with E-state index in [0.717, 1.165) is 17.7 Å². The van der Waals surface area contributed by atoms with E-state index in [1.807, 2.05) is 31.2 Å². The molecule has 0 fully saturated rings. The van der Waals surface area contributed by atoms with E-state index in [4.69, 9.17) is 16.3 Å². The molecule has 2 atom stereocenters. The standard InChI is InChI=1S/C21H21ClN2O4/c1-13-10-15-6-3-4-9-18(15)24(13)21(27)14(2)28-19(25)12-23-20(26)16-7-5-8-17(22)11-16/h3-9,11,13-14H,10,12H2,1-2H3,(H,23,26). The molecule has 7 heteroatoms. The van der Waals surface area contributed by atoms with Crippen molar-refractivity contribution in [3.63, 3.8) is 0 Å². The number of para-hydroxylation sites is 1. The van der Waals surface area contributed by atoms with Gasteiger partial charge < -0.3 is 15.0 Å². The Morgan fingerprint density at radius 2 is 1.96 bits per heavy atom. The molecule has 3 rings (SSSR count). The summed E-state index contributed by atoms with van der Waals surface area (Å²) in [4.78, 5) is 38.6. The third kappa shape index (κ3) is 4.34. The van der Waals surface area contributed by atoms with Crippen LogP contribution in [-0.4, -0.2) is 36.5 Å². The van der Waals surface area contributed by atoms with Crippen molar-refractivity contribution in [1.82, 2.24) is 5.32 Å². The Hall–Kier alpha value is -2.86. The Labute approximate surface area is 168 Å². The molecule has 1 heterocycles. The van der Waals surface area contributed by atoms with E-state index in [0.29, 0.717) is 10.6 Å². The highest BCUT2D eigenvalue weighted by Crippen LogP contribution is 2.32. The monoisotopic (exact) mass is 400 g/mol. The lowest BCUT2D eigenvalue weighted by atomic mass is 10.1. The topological polar surface area (TPSA) is 75.7 Å². The maximum Gasteiger partial charge on any atom is 0.326 e. The number of rotatable bonds is 5. The van der Waals surface area contributed by atoms with Crippen molar-refractivity contribution >= 4 is 35.1 Å². The number of esters is 1. The Morgan fingerprint density at radius 1 is 1.21 bits per heavy atom. The molecular formula is C21H21ClN2O4. The minimum Gasteiger partial charge on any atom is -0.451 e. The van der Waals surface area contributed by atoms with Crippen LogP contribution in [0.3, 0.4) is 0 Å². The first kappa shape index (κ1) is 19.9. The Morgan fingerprint density at radius 3 is 2.71 bits per heavy atom. The number of halogens is 1. The number of benzene rings is 2. The molecule has 2 aromatic carbocycles. The van der Waals surface area contributed by atoms with Crippen molar-refractivity contribution in [2.75, 3.05) is 11.4 Å². The molecule has 1 aliphatic rings. The van der Waals surface area contributed by atoms with Crippen LogP contribution >= 0.6 is 11.6 Å². The van der Waals surface area contributed by atoms with Crippen LogP contribution in [0.1, 0.15) is 29.8 Å². The van der Waals surface area contributed by atoms with Gasteiger partial charge in [0, 0.05) is 22.3 Å². The second-order valence-electron chi connectivity index (χ2n) is 6.72. The summed E-state index contributed by atoms with van der Waals surface area (Å²) < 4.78 is 5.23. The number of nitrogens with zero attached hydrogens (tertiary/aromatic N) is 1. The zero-order valence-electron chi connectivity index (χ0n) is 15.6. The minimum absolute atomic E-state index is 0.00594. The summed E-state index contributed by atoms with van der Waals surface area (Å²) in [5.41, 5.74) is 2.28. The zero-order chi connectivity index (χ0) is 20.3. The van der Waals surface area contributed by atoms with Crippen LogP contribution in [0.4, 0.5) is 5.69 Å². The van der Waals surface area contributed by atoms with Gasteiger partial charge in [-0.25, -0.2) is 0 Å². The van der Waals surface area contributed by atoms with Crippen molar-refractivity contribution in [3.8, 4) is 0 Å². The molecule has 28 heavy (non-hydrogen) atoms. The SMILES string of the molecule is CC(OC(=O)CNC(=O)c1cccc(Cl)c1)C(=O)N1c2ccccc2CC1C. The van der Waals surface area contributed by atoms with Gasteiger partial charge in [-0.1, -0.05) is 35.9 Å². The molecule has 0 spiro atoms. The lowest BCUT2D eigenvalue weighted by molar-refractivity contribution is -0.152. The van der Waals surface area contributed by atoms with Crippen LogP contribution in [0.5, 0.6) is 0 Å². The summed E-state index contributed by atoms with van der Waals surface area (Å²) in [6, 6.07) is 14.1. The molecule has 0 radical (unpaired) electrons. The molecule has 0 bridgehead atoms. The average molecular weight is 401 g/mol. The molecule has 2 unspecified atom stereocenters. The predicted molar refractivity (Wildman–Crippen MR) is 106 cm³/mol. The Balaban J connectivity index is 1.55. The zero-order valence-corrected chi connectivity index (χ0v) is 16.4. The number of ether oxygens (including phenoxy) is 1. The highest BCUT2D eigenvalue weighted by Gasteiger charge is 2.34.